The number of aryl methyl sites for hydroxylation is 1. The topological polar surface area (TPSA) is 39.4 Å². The maximum absolute atomic E-state index is 13.2. The summed E-state index contributed by atoms with van der Waals surface area (Å²) in [6.07, 6.45) is 0. The van der Waals surface area contributed by atoms with Crippen LogP contribution in [0.1, 0.15) is 5.56 Å². The van der Waals surface area contributed by atoms with Gasteiger partial charge in [-0.15, -0.1) is 0 Å². The van der Waals surface area contributed by atoms with Gasteiger partial charge in [-0.05, 0) is 42.3 Å². The summed E-state index contributed by atoms with van der Waals surface area (Å²) in [4.78, 5) is 12.2. The van der Waals surface area contributed by atoms with E-state index in [9.17, 15) is 9.18 Å². The maximum Gasteiger partial charge on any atom is 0.344 e. The number of benzene rings is 2. The van der Waals surface area contributed by atoms with Gasteiger partial charge in [0.05, 0.1) is 12.7 Å². The average Bonchev–Trinajstić information content (AvgIpc) is 2.47. The van der Waals surface area contributed by atoms with E-state index in [4.69, 9.17) is 9.15 Å². The lowest BCUT2D eigenvalue weighted by molar-refractivity contribution is 0.415. The van der Waals surface area contributed by atoms with Crippen molar-refractivity contribution < 1.29 is 13.5 Å². The largest absolute Gasteiger partial charge is 0.497 e. The molecule has 0 amide bonds. The molecule has 0 saturated heterocycles. The smallest absolute Gasteiger partial charge is 0.344 e. The monoisotopic (exact) mass is 284 g/mol. The molecule has 0 saturated carbocycles. The summed E-state index contributed by atoms with van der Waals surface area (Å²) in [5.41, 5.74) is 1.78. The zero-order valence-electron chi connectivity index (χ0n) is 11.6. The molecule has 106 valence electrons. The van der Waals surface area contributed by atoms with Crippen LogP contribution >= 0.6 is 0 Å². The molecule has 3 aromatic rings. The Morgan fingerprint density at radius 3 is 2.48 bits per heavy atom. The second-order valence-corrected chi connectivity index (χ2v) is 4.76. The van der Waals surface area contributed by atoms with E-state index in [-0.39, 0.29) is 5.58 Å². The van der Waals surface area contributed by atoms with Gasteiger partial charge < -0.3 is 9.15 Å². The van der Waals surface area contributed by atoms with Crippen molar-refractivity contribution in [3.8, 4) is 16.9 Å². The Balaban J connectivity index is 2.26. The van der Waals surface area contributed by atoms with Crippen molar-refractivity contribution in [1.82, 2.24) is 0 Å². The van der Waals surface area contributed by atoms with E-state index in [1.165, 1.54) is 12.1 Å². The van der Waals surface area contributed by atoms with Crippen LogP contribution in [0.15, 0.2) is 51.7 Å². The highest BCUT2D eigenvalue weighted by Gasteiger charge is 2.13. The first-order chi connectivity index (χ1) is 10.1. The Hall–Kier alpha value is -2.62. The summed E-state index contributed by atoms with van der Waals surface area (Å²) in [6, 6.07) is 11.4. The summed E-state index contributed by atoms with van der Waals surface area (Å²) < 4.78 is 23.6. The first-order valence-electron chi connectivity index (χ1n) is 6.47. The van der Waals surface area contributed by atoms with E-state index in [1.54, 1.807) is 37.4 Å². The van der Waals surface area contributed by atoms with Crippen molar-refractivity contribution in [2.75, 3.05) is 7.11 Å². The van der Waals surface area contributed by atoms with Crippen molar-refractivity contribution in [2.24, 2.45) is 0 Å². The van der Waals surface area contributed by atoms with Crippen LogP contribution in [-0.4, -0.2) is 7.11 Å². The molecular weight excluding hydrogens is 271 g/mol. The lowest BCUT2D eigenvalue weighted by Crippen LogP contribution is -2.06. The molecule has 0 aliphatic rings. The molecule has 1 aromatic heterocycles. The quantitative estimate of drug-likeness (QED) is 0.670. The highest BCUT2D eigenvalue weighted by atomic mass is 19.1. The van der Waals surface area contributed by atoms with E-state index in [1.807, 2.05) is 6.92 Å². The van der Waals surface area contributed by atoms with Crippen LogP contribution in [0.3, 0.4) is 0 Å². The number of fused-ring (bicyclic) bond motifs is 1. The second-order valence-electron chi connectivity index (χ2n) is 4.76. The molecule has 0 atom stereocenters. The van der Waals surface area contributed by atoms with E-state index in [0.29, 0.717) is 11.3 Å². The van der Waals surface area contributed by atoms with Crippen LogP contribution in [0.25, 0.3) is 22.1 Å². The molecule has 21 heavy (non-hydrogen) atoms. The van der Waals surface area contributed by atoms with Crippen LogP contribution in [0.5, 0.6) is 5.75 Å². The lowest BCUT2D eigenvalue weighted by Gasteiger charge is -2.08. The summed E-state index contributed by atoms with van der Waals surface area (Å²) >= 11 is 0. The van der Waals surface area contributed by atoms with E-state index in [0.717, 1.165) is 16.5 Å². The Labute approximate surface area is 120 Å². The highest BCUT2D eigenvalue weighted by Crippen LogP contribution is 2.28. The van der Waals surface area contributed by atoms with Gasteiger partial charge in [0.2, 0.25) is 0 Å². The standard InChI is InChI=1S/C17H13FO3/c1-10-14-8-5-12(18)9-15(14)21-17(19)16(10)11-3-6-13(20-2)7-4-11/h3-9H,1-2H3. The Bertz CT molecular complexity index is 864. The first kappa shape index (κ1) is 13.4. The molecule has 0 unspecified atom stereocenters. The number of ether oxygens (including phenoxy) is 1. The first-order valence-corrected chi connectivity index (χ1v) is 6.47. The number of rotatable bonds is 2. The summed E-state index contributed by atoms with van der Waals surface area (Å²) in [6.45, 7) is 1.83. The molecule has 0 bridgehead atoms. The minimum atomic E-state index is -0.476. The van der Waals surface area contributed by atoms with Crippen molar-refractivity contribution in [3.05, 3.63) is 64.3 Å². The third-order valence-corrected chi connectivity index (χ3v) is 3.51. The zero-order valence-corrected chi connectivity index (χ0v) is 11.6. The van der Waals surface area contributed by atoms with Crippen molar-refractivity contribution in [1.29, 1.82) is 0 Å². The average molecular weight is 284 g/mol. The van der Waals surface area contributed by atoms with Crippen LogP contribution in [-0.2, 0) is 0 Å². The molecule has 0 N–H and O–H groups in total. The van der Waals surface area contributed by atoms with Gasteiger partial charge in [0.25, 0.3) is 0 Å². The number of halogens is 1. The maximum atomic E-state index is 13.2. The van der Waals surface area contributed by atoms with Crippen molar-refractivity contribution in [3.63, 3.8) is 0 Å². The van der Waals surface area contributed by atoms with Gasteiger partial charge in [-0.2, -0.15) is 0 Å². The fourth-order valence-corrected chi connectivity index (χ4v) is 2.42. The normalized spacial score (nSPS) is 10.8. The fourth-order valence-electron chi connectivity index (χ4n) is 2.42. The minimum Gasteiger partial charge on any atom is -0.497 e. The third kappa shape index (κ3) is 2.29. The summed E-state index contributed by atoms with van der Waals surface area (Å²) in [5.74, 6) is 0.283. The molecule has 1 heterocycles. The molecule has 4 heteroatoms. The molecule has 0 spiro atoms. The molecule has 3 nitrogen and oxygen atoms in total. The molecule has 3 rings (SSSR count). The molecule has 0 fully saturated rings. The summed E-state index contributed by atoms with van der Waals surface area (Å²) in [5, 5.41) is 0.724. The van der Waals surface area contributed by atoms with E-state index >= 15 is 0 Å². The van der Waals surface area contributed by atoms with Gasteiger partial charge in [-0.25, -0.2) is 9.18 Å². The minimum absolute atomic E-state index is 0.259. The summed E-state index contributed by atoms with van der Waals surface area (Å²) in [7, 11) is 1.58. The van der Waals surface area contributed by atoms with Gasteiger partial charge >= 0.3 is 5.63 Å². The third-order valence-electron chi connectivity index (χ3n) is 3.51. The SMILES string of the molecule is COc1ccc(-c2c(C)c3ccc(F)cc3oc2=O)cc1. The Morgan fingerprint density at radius 2 is 1.81 bits per heavy atom. The van der Waals surface area contributed by atoms with Crippen LogP contribution < -0.4 is 10.4 Å². The van der Waals surface area contributed by atoms with E-state index in [2.05, 4.69) is 0 Å². The molecular formula is C17H13FO3. The van der Waals surface area contributed by atoms with Crippen LogP contribution in [0, 0.1) is 12.7 Å². The fraction of sp³-hybridized carbons (Fsp3) is 0.118. The molecule has 0 aliphatic heterocycles. The van der Waals surface area contributed by atoms with Gasteiger partial charge in [-0.3, -0.25) is 0 Å². The second kappa shape index (κ2) is 5.05. The van der Waals surface area contributed by atoms with E-state index < -0.39 is 11.4 Å². The zero-order chi connectivity index (χ0) is 15.0. The number of methoxy groups -OCH3 is 1. The Morgan fingerprint density at radius 1 is 1.10 bits per heavy atom. The number of hydrogen-bond acceptors (Lipinski definition) is 3. The lowest BCUT2D eigenvalue weighted by atomic mass is 9.99. The molecule has 0 aliphatic carbocycles. The van der Waals surface area contributed by atoms with Gasteiger partial charge in [0, 0.05) is 11.5 Å². The predicted octanol–water partition coefficient (Wildman–Crippen LogP) is 3.92. The van der Waals surface area contributed by atoms with Crippen molar-refractivity contribution >= 4 is 11.0 Å². The van der Waals surface area contributed by atoms with Gasteiger partial charge in [0.1, 0.15) is 17.1 Å². The molecule has 0 radical (unpaired) electrons. The molecule has 2 aromatic carbocycles. The highest BCUT2D eigenvalue weighted by molar-refractivity contribution is 5.86. The number of hydrogen-bond donors (Lipinski definition) is 0. The van der Waals surface area contributed by atoms with Crippen LogP contribution in [0.2, 0.25) is 0 Å². The Kier molecular flexibility index (Phi) is 3.22. The van der Waals surface area contributed by atoms with Crippen molar-refractivity contribution in [2.45, 2.75) is 6.92 Å². The van der Waals surface area contributed by atoms with Gasteiger partial charge in [0.15, 0.2) is 0 Å². The van der Waals surface area contributed by atoms with Gasteiger partial charge in [-0.1, -0.05) is 12.1 Å². The predicted molar refractivity (Wildman–Crippen MR) is 79.2 cm³/mol. The van der Waals surface area contributed by atoms with Crippen LogP contribution in [0.4, 0.5) is 4.39 Å².